The van der Waals surface area contributed by atoms with Crippen LogP contribution in [0.3, 0.4) is 0 Å². The van der Waals surface area contributed by atoms with Crippen LogP contribution < -0.4 is 0 Å². The number of benzene rings is 1. The Labute approximate surface area is 173 Å². The van der Waals surface area contributed by atoms with E-state index in [-0.39, 0.29) is 6.07 Å². The second kappa shape index (κ2) is 7.51. The fraction of sp³-hybridized carbons (Fsp3) is 0.571. The van der Waals surface area contributed by atoms with Crippen molar-refractivity contribution in [2.45, 2.75) is 47.6 Å². The molecule has 1 rings (SSSR count). The van der Waals surface area contributed by atoms with Gasteiger partial charge in [0.2, 0.25) is 0 Å². The molecule has 0 aliphatic carbocycles. The van der Waals surface area contributed by atoms with Crippen LogP contribution >= 0.6 is 15.9 Å². The molecule has 0 spiro atoms. The zero-order valence-corrected chi connectivity index (χ0v) is 15.7. The Morgan fingerprint density at radius 3 is 1.09 bits per heavy atom. The monoisotopic (exact) mass is 574 g/mol. The van der Waals surface area contributed by atoms with Crippen molar-refractivity contribution >= 4 is 15.9 Å². The molecule has 0 bridgehead atoms. The van der Waals surface area contributed by atoms with E-state index in [4.69, 9.17) is 0 Å². The Morgan fingerprint density at radius 1 is 0.438 bits per heavy atom. The van der Waals surface area contributed by atoms with Crippen molar-refractivity contribution < 1.29 is 74.6 Å². The van der Waals surface area contributed by atoms with Gasteiger partial charge in [0.1, 0.15) is 0 Å². The summed E-state index contributed by atoms with van der Waals surface area (Å²) in [6.07, 6.45) is -7.77. The highest BCUT2D eigenvalue weighted by Gasteiger charge is 2.95. The molecule has 18 heteroatoms. The van der Waals surface area contributed by atoms with Crippen LogP contribution in [0.15, 0.2) is 28.7 Å². The van der Waals surface area contributed by atoms with Gasteiger partial charge in [0, 0.05) is 10.0 Å². The lowest BCUT2D eigenvalue weighted by atomic mass is 9.87. The summed E-state index contributed by atoms with van der Waals surface area (Å²) in [7, 11) is 0. The summed E-state index contributed by atoms with van der Waals surface area (Å²) in [5.74, 6) is -56.5. The summed E-state index contributed by atoms with van der Waals surface area (Å²) >= 11 is 2.12. The summed E-state index contributed by atoms with van der Waals surface area (Å²) < 4.78 is 223. The number of alkyl halides is 17. The highest BCUT2D eigenvalue weighted by molar-refractivity contribution is 9.10. The molecule has 0 radical (unpaired) electrons. The fourth-order valence-corrected chi connectivity index (χ4v) is 2.58. The topological polar surface area (TPSA) is 0 Å². The van der Waals surface area contributed by atoms with Gasteiger partial charge in [-0.05, 0) is 6.07 Å². The van der Waals surface area contributed by atoms with Crippen molar-refractivity contribution in [1.29, 1.82) is 0 Å². The van der Waals surface area contributed by atoms with Gasteiger partial charge in [0.15, 0.2) is 0 Å². The quantitative estimate of drug-likeness (QED) is 0.290. The van der Waals surface area contributed by atoms with Crippen LogP contribution in [0.1, 0.15) is 5.56 Å². The van der Waals surface area contributed by atoms with Gasteiger partial charge in [-0.1, -0.05) is 34.1 Å². The number of halogens is 18. The summed E-state index contributed by atoms with van der Waals surface area (Å²) in [5.41, 5.74) is -2.27. The molecule has 32 heavy (non-hydrogen) atoms. The van der Waals surface area contributed by atoms with Crippen LogP contribution in [0.25, 0.3) is 0 Å². The van der Waals surface area contributed by atoms with Crippen molar-refractivity contribution in [3.05, 3.63) is 34.3 Å². The van der Waals surface area contributed by atoms with Gasteiger partial charge >= 0.3 is 47.6 Å². The average molecular weight is 575 g/mol. The minimum absolute atomic E-state index is 0.114. The lowest BCUT2D eigenvalue weighted by Crippen LogP contribution is -2.74. The molecule has 0 amide bonds. The van der Waals surface area contributed by atoms with Gasteiger partial charge in [-0.2, -0.15) is 74.6 Å². The Balaban J connectivity index is 3.74. The van der Waals surface area contributed by atoms with Crippen LogP contribution in [-0.4, -0.2) is 41.7 Å². The molecular formula is C14H4BrF17. The molecule has 0 saturated carbocycles. The zero-order valence-electron chi connectivity index (χ0n) is 14.1. The van der Waals surface area contributed by atoms with Crippen molar-refractivity contribution in [2.75, 3.05) is 0 Å². The van der Waals surface area contributed by atoms with E-state index < -0.39 is 57.7 Å². The van der Waals surface area contributed by atoms with Crippen molar-refractivity contribution in [1.82, 2.24) is 0 Å². The van der Waals surface area contributed by atoms with Crippen LogP contribution in [0.4, 0.5) is 74.6 Å². The first-order valence-corrected chi connectivity index (χ1v) is 8.02. The summed E-state index contributed by atoms with van der Waals surface area (Å²) in [6.45, 7) is 0. The molecule has 0 N–H and O–H groups in total. The van der Waals surface area contributed by atoms with Gasteiger partial charge < -0.3 is 0 Å². The third-order valence-electron chi connectivity index (χ3n) is 3.93. The highest BCUT2D eigenvalue weighted by atomic mass is 79.9. The van der Waals surface area contributed by atoms with Crippen LogP contribution in [0.5, 0.6) is 0 Å². The standard InChI is InChI=1S/C14H4BrF17/c15-6-4-2-1-3-5(6)7(16,17)8(18,19)9(20,21)10(22,23)11(24,25)12(26,27)13(28,29)14(30,31)32/h1-4H. The molecule has 0 heterocycles. The highest BCUT2D eigenvalue weighted by Crippen LogP contribution is 2.65. The third kappa shape index (κ3) is 3.50. The van der Waals surface area contributed by atoms with E-state index in [0.29, 0.717) is 12.1 Å². The van der Waals surface area contributed by atoms with Crippen molar-refractivity contribution in [3.8, 4) is 0 Å². The number of hydrogen-bond acceptors (Lipinski definition) is 0. The lowest BCUT2D eigenvalue weighted by molar-refractivity contribution is -0.462. The minimum atomic E-state index is -8.63. The van der Waals surface area contributed by atoms with E-state index in [1.807, 2.05) is 0 Å². The lowest BCUT2D eigenvalue weighted by Gasteiger charge is -2.42. The largest absolute Gasteiger partial charge is 0.460 e. The first-order valence-electron chi connectivity index (χ1n) is 7.23. The predicted octanol–water partition coefficient (Wildman–Crippen LogP) is 7.92. The maximum Gasteiger partial charge on any atom is 0.460 e. The second-order valence-corrected chi connectivity index (χ2v) is 6.85. The van der Waals surface area contributed by atoms with Gasteiger partial charge in [0.05, 0.1) is 0 Å². The number of rotatable bonds is 7. The summed E-state index contributed by atoms with van der Waals surface area (Å²) in [4.78, 5) is 0. The summed E-state index contributed by atoms with van der Waals surface area (Å²) in [5, 5.41) is 0. The SMILES string of the molecule is FC(F)(F)C(F)(F)C(F)(F)C(F)(F)C(F)(F)C(F)(F)C(F)(F)C(F)(F)c1ccccc1Br. The molecule has 0 aliphatic heterocycles. The molecule has 186 valence electrons. The van der Waals surface area contributed by atoms with Crippen LogP contribution in [-0.2, 0) is 5.92 Å². The van der Waals surface area contributed by atoms with Crippen molar-refractivity contribution in [2.24, 2.45) is 0 Å². The second-order valence-electron chi connectivity index (χ2n) is 6.00. The molecule has 0 saturated heterocycles. The Kier molecular flexibility index (Phi) is 6.70. The smallest absolute Gasteiger partial charge is 0.194 e. The molecule has 0 nitrogen and oxygen atoms in total. The molecule has 0 aliphatic rings. The van der Waals surface area contributed by atoms with E-state index >= 15 is 0 Å². The van der Waals surface area contributed by atoms with Gasteiger partial charge in [-0.25, -0.2) is 0 Å². The van der Waals surface area contributed by atoms with E-state index in [9.17, 15) is 74.6 Å². The first-order chi connectivity index (χ1) is 13.8. The van der Waals surface area contributed by atoms with Crippen molar-refractivity contribution in [3.63, 3.8) is 0 Å². The molecule has 0 fully saturated rings. The molecule has 1 aromatic carbocycles. The van der Waals surface area contributed by atoms with E-state index in [1.165, 1.54) is 0 Å². The van der Waals surface area contributed by atoms with Crippen LogP contribution in [0.2, 0.25) is 0 Å². The summed E-state index contributed by atoms with van der Waals surface area (Å²) in [6, 6.07) is 1.56. The first kappa shape index (κ1) is 28.5. The molecule has 0 unspecified atom stereocenters. The van der Waals surface area contributed by atoms with Gasteiger partial charge in [0.25, 0.3) is 0 Å². The normalized spacial score (nSPS) is 15.8. The Morgan fingerprint density at radius 2 is 0.750 bits per heavy atom. The third-order valence-corrected chi connectivity index (χ3v) is 4.63. The molecular weight excluding hydrogens is 571 g/mol. The average Bonchev–Trinajstić information content (AvgIpc) is 2.59. The maximum absolute atomic E-state index is 14.0. The van der Waals surface area contributed by atoms with Gasteiger partial charge in [-0.15, -0.1) is 0 Å². The molecule has 0 atom stereocenters. The maximum atomic E-state index is 14.0. The fourth-order valence-electron chi connectivity index (χ4n) is 2.05. The molecule has 0 aromatic heterocycles. The zero-order chi connectivity index (χ0) is 26.0. The molecule has 1 aromatic rings. The number of hydrogen-bond donors (Lipinski definition) is 0. The Bertz CT molecular complexity index is 838. The Hall–Kier alpha value is -1.49. The van der Waals surface area contributed by atoms with Gasteiger partial charge in [-0.3, -0.25) is 0 Å². The van der Waals surface area contributed by atoms with E-state index in [0.717, 1.165) is 6.07 Å². The van der Waals surface area contributed by atoms with E-state index in [2.05, 4.69) is 15.9 Å². The van der Waals surface area contributed by atoms with E-state index in [1.54, 1.807) is 0 Å². The van der Waals surface area contributed by atoms with Crippen LogP contribution in [0, 0.1) is 0 Å². The minimum Gasteiger partial charge on any atom is -0.194 e. The predicted molar refractivity (Wildman–Crippen MR) is 73.8 cm³/mol.